The van der Waals surface area contributed by atoms with Crippen LogP contribution in [-0.4, -0.2) is 34.8 Å². The Morgan fingerprint density at radius 1 is 1.16 bits per heavy atom. The Bertz CT molecular complexity index is 758. The fraction of sp³-hybridized carbons (Fsp3) is 0.421. The number of benzene rings is 1. The Kier molecular flexibility index (Phi) is 5.95. The summed E-state index contributed by atoms with van der Waals surface area (Å²) in [5.74, 6) is -0.326. The Balaban J connectivity index is 2.24. The van der Waals surface area contributed by atoms with Gasteiger partial charge < -0.3 is 10.2 Å². The van der Waals surface area contributed by atoms with Crippen LogP contribution in [0.1, 0.15) is 59.7 Å². The van der Waals surface area contributed by atoms with Crippen LogP contribution >= 0.6 is 11.3 Å². The van der Waals surface area contributed by atoms with Crippen molar-refractivity contribution in [2.75, 3.05) is 18.4 Å². The number of para-hydroxylation sites is 1. The molecule has 1 aromatic carbocycles. The summed E-state index contributed by atoms with van der Waals surface area (Å²) in [5.41, 5.74) is 0.926. The number of aromatic nitrogens is 1. The van der Waals surface area contributed by atoms with Gasteiger partial charge in [0.25, 0.3) is 11.8 Å². The van der Waals surface area contributed by atoms with E-state index >= 15 is 0 Å². The van der Waals surface area contributed by atoms with Crippen molar-refractivity contribution in [2.24, 2.45) is 0 Å². The summed E-state index contributed by atoms with van der Waals surface area (Å²) in [4.78, 5) is 31.8. The Morgan fingerprint density at radius 3 is 2.36 bits per heavy atom. The molecule has 0 aliphatic rings. The van der Waals surface area contributed by atoms with E-state index in [-0.39, 0.29) is 17.2 Å². The molecule has 0 radical (unpaired) electrons. The molecule has 0 spiro atoms. The van der Waals surface area contributed by atoms with Gasteiger partial charge in [-0.1, -0.05) is 32.9 Å². The second kappa shape index (κ2) is 7.78. The molecular formula is C19H25N3O2S. The van der Waals surface area contributed by atoms with Crippen molar-refractivity contribution in [2.45, 2.75) is 40.0 Å². The SMILES string of the molecule is CCN(CC)C(=O)c1ccccc1NC(=O)c1cnc(C(C)(C)C)s1. The molecule has 1 aromatic heterocycles. The first kappa shape index (κ1) is 19.1. The van der Waals surface area contributed by atoms with Gasteiger partial charge in [-0.05, 0) is 26.0 Å². The van der Waals surface area contributed by atoms with E-state index < -0.39 is 0 Å². The highest BCUT2D eigenvalue weighted by Crippen LogP contribution is 2.27. The molecule has 2 amide bonds. The second-order valence-electron chi connectivity index (χ2n) is 6.76. The van der Waals surface area contributed by atoms with Gasteiger partial charge in [0.15, 0.2) is 0 Å². The third-order valence-electron chi connectivity index (χ3n) is 3.83. The standard InChI is InChI=1S/C19H25N3O2S/c1-6-22(7-2)17(24)13-10-8-9-11-14(13)21-16(23)15-12-20-18(25-15)19(3,4)5/h8-12H,6-7H2,1-5H3,(H,21,23). The molecule has 0 aliphatic carbocycles. The highest BCUT2D eigenvalue weighted by atomic mass is 32.1. The molecule has 0 saturated carbocycles. The normalized spacial score (nSPS) is 11.2. The first-order valence-corrected chi connectivity index (χ1v) is 9.25. The molecule has 0 fully saturated rings. The number of hydrogen-bond donors (Lipinski definition) is 1. The van der Waals surface area contributed by atoms with Gasteiger partial charge in [0, 0.05) is 18.5 Å². The van der Waals surface area contributed by atoms with Crippen LogP contribution in [0.25, 0.3) is 0 Å². The topological polar surface area (TPSA) is 62.3 Å². The van der Waals surface area contributed by atoms with E-state index in [0.29, 0.717) is 29.2 Å². The van der Waals surface area contributed by atoms with Crippen molar-refractivity contribution in [3.05, 3.63) is 45.9 Å². The van der Waals surface area contributed by atoms with Crippen LogP contribution in [0, 0.1) is 0 Å². The fourth-order valence-corrected chi connectivity index (χ4v) is 3.24. The average molecular weight is 359 g/mol. The summed E-state index contributed by atoms with van der Waals surface area (Å²) >= 11 is 1.38. The van der Waals surface area contributed by atoms with Gasteiger partial charge in [-0.3, -0.25) is 9.59 Å². The minimum Gasteiger partial charge on any atom is -0.339 e. The van der Waals surface area contributed by atoms with Gasteiger partial charge in [-0.15, -0.1) is 11.3 Å². The fourth-order valence-electron chi connectivity index (χ4n) is 2.37. The molecule has 2 aromatic rings. The summed E-state index contributed by atoms with van der Waals surface area (Å²) < 4.78 is 0. The lowest BCUT2D eigenvalue weighted by Gasteiger charge is -2.20. The number of hydrogen-bond acceptors (Lipinski definition) is 4. The molecule has 2 rings (SSSR count). The monoisotopic (exact) mass is 359 g/mol. The lowest BCUT2D eigenvalue weighted by molar-refractivity contribution is 0.0774. The van der Waals surface area contributed by atoms with Crippen LogP contribution in [0.15, 0.2) is 30.5 Å². The van der Waals surface area contributed by atoms with Gasteiger partial charge in [0.05, 0.1) is 22.5 Å². The zero-order valence-corrected chi connectivity index (χ0v) is 16.2. The van der Waals surface area contributed by atoms with Gasteiger partial charge in [0.1, 0.15) is 4.88 Å². The molecule has 0 aliphatic heterocycles. The smallest absolute Gasteiger partial charge is 0.267 e. The Morgan fingerprint density at radius 2 is 1.80 bits per heavy atom. The predicted molar refractivity (Wildman–Crippen MR) is 102 cm³/mol. The van der Waals surface area contributed by atoms with Crippen molar-refractivity contribution in [3.8, 4) is 0 Å². The first-order valence-electron chi connectivity index (χ1n) is 8.43. The summed E-state index contributed by atoms with van der Waals surface area (Å²) in [6.07, 6.45) is 1.59. The third-order valence-corrected chi connectivity index (χ3v) is 5.25. The highest BCUT2D eigenvalue weighted by molar-refractivity contribution is 7.13. The quantitative estimate of drug-likeness (QED) is 0.871. The van der Waals surface area contributed by atoms with Gasteiger partial charge in [-0.25, -0.2) is 4.98 Å². The number of nitrogens with zero attached hydrogens (tertiary/aromatic N) is 2. The molecule has 0 atom stereocenters. The van der Waals surface area contributed by atoms with Crippen molar-refractivity contribution in [1.82, 2.24) is 9.88 Å². The van der Waals surface area contributed by atoms with Gasteiger partial charge in [-0.2, -0.15) is 0 Å². The lowest BCUT2D eigenvalue weighted by atomic mass is 9.98. The summed E-state index contributed by atoms with van der Waals surface area (Å²) in [6, 6.07) is 7.10. The van der Waals surface area contributed by atoms with Crippen molar-refractivity contribution in [1.29, 1.82) is 0 Å². The lowest BCUT2D eigenvalue weighted by Crippen LogP contribution is -2.31. The minimum atomic E-state index is -0.243. The molecule has 0 saturated heterocycles. The molecule has 0 unspecified atom stereocenters. The van der Waals surface area contributed by atoms with Gasteiger partial charge in [0.2, 0.25) is 0 Å². The third kappa shape index (κ3) is 4.45. The van der Waals surface area contributed by atoms with Crippen LogP contribution in [0.4, 0.5) is 5.69 Å². The van der Waals surface area contributed by atoms with E-state index in [1.807, 2.05) is 19.9 Å². The molecule has 1 N–H and O–H groups in total. The number of amides is 2. The van der Waals surface area contributed by atoms with Crippen LogP contribution in [0.5, 0.6) is 0 Å². The van der Waals surface area contributed by atoms with E-state index in [0.717, 1.165) is 5.01 Å². The summed E-state index contributed by atoms with van der Waals surface area (Å²) in [7, 11) is 0. The van der Waals surface area contributed by atoms with Crippen LogP contribution in [0.3, 0.4) is 0 Å². The maximum Gasteiger partial charge on any atom is 0.267 e. The predicted octanol–water partition coefficient (Wildman–Crippen LogP) is 4.17. The average Bonchev–Trinajstić information content (AvgIpc) is 3.07. The number of carbonyl (C=O) groups is 2. The van der Waals surface area contributed by atoms with Crippen molar-refractivity contribution >= 4 is 28.8 Å². The first-order chi connectivity index (χ1) is 11.8. The summed E-state index contributed by atoms with van der Waals surface area (Å²) in [5, 5.41) is 3.77. The number of anilines is 1. The number of thiazole rings is 1. The molecule has 6 heteroatoms. The largest absolute Gasteiger partial charge is 0.339 e. The van der Waals surface area contributed by atoms with Crippen LogP contribution < -0.4 is 5.32 Å². The molecule has 134 valence electrons. The van der Waals surface area contributed by atoms with E-state index in [2.05, 4.69) is 31.1 Å². The number of nitrogens with one attached hydrogen (secondary N) is 1. The Hall–Kier alpha value is -2.21. The Labute approximate surface area is 153 Å². The molecule has 0 bridgehead atoms. The van der Waals surface area contributed by atoms with E-state index in [4.69, 9.17) is 0 Å². The number of rotatable bonds is 5. The zero-order valence-electron chi connectivity index (χ0n) is 15.4. The van der Waals surface area contributed by atoms with E-state index in [9.17, 15) is 9.59 Å². The molecule has 1 heterocycles. The molecule has 25 heavy (non-hydrogen) atoms. The minimum absolute atomic E-state index is 0.0828. The molecular weight excluding hydrogens is 334 g/mol. The van der Waals surface area contributed by atoms with Gasteiger partial charge >= 0.3 is 0 Å². The van der Waals surface area contributed by atoms with E-state index in [1.54, 1.807) is 29.3 Å². The number of carbonyl (C=O) groups excluding carboxylic acids is 2. The van der Waals surface area contributed by atoms with Crippen LogP contribution in [0.2, 0.25) is 0 Å². The highest BCUT2D eigenvalue weighted by Gasteiger charge is 2.22. The second-order valence-corrected chi connectivity index (χ2v) is 7.79. The maximum absolute atomic E-state index is 12.6. The maximum atomic E-state index is 12.6. The van der Waals surface area contributed by atoms with Crippen molar-refractivity contribution in [3.63, 3.8) is 0 Å². The van der Waals surface area contributed by atoms with Crippen LogP contribution in [-0.2, 0) is 5.41 Å². The van der Waals surface area contributed by atoms with E-state index in [1.165, 1.54) is 11.3 Å². The molecule has 5 nitrogen and oxygen atoms in total. The zero-order chi connectivity index (χ0) is 18.6. The van der Waals surface area contributed by atoms with Crippen molar-refractivity contribution < 1.29 is 9.59 Å². The summed E-state index contributed by atoms with van der Waals surface area (Å²) in [6.45, 7) is 11.3.